The number of hydrogen-bond acceptors (Lipinski definition) is 3. The van der Waals surface area contributed by atoms with E-state index in [1.54, 1.807) is 18.9 Å². The Balaban J connectivity index is 2.12. The molecule has 0 saturated carbocycles. The second-order valence-corrected chi connectivity index (χ2v) is 5.39. The molecule has 0 heterocycles. The van der Waals surface area contributed by atoms with Crippen LogP contribution in [0.4, 0.5) is 0 Å². The maximum absolute atomic E-state index is 8.80. The molecule has 2 nitrogen and oxygen atoms in total. The highest BCUT2D eigenvalue weighted by Crippen LogP contribution is 2.31. The molecule has 0 aliphatic carbocycles. The summed E-state index contributed by atoms with van der Waals surface area (Å²) in [6.07, 6.45) is 0.508. The molecule has 0 bridgehead atoms. The van der Waals surface area contributed by atoms with Gasteiger partial charge in [-0.05, 0) is 23.8 Å². The van der Waals surface area contributed by atoms with Gasteiger partial charge in [0.15, 0.2) is 0 Å². The molecule has 0 amide bonds. The number of aliphatic hydroxyl groups is 1. The van der Waals surface area contributed by atoms with Crippen LogP contribution in [-0.4, -0.2) is 18.8 Å². The van der Waals surface area contributed by atoms with E-state index in [0.29, 0.717) is 6.42 Å². The zero-order valence-electron chi connectivity index (χ0n) is 12.0. The van der Waals surface area contributed by atoms with Gasteiger partial charge in [0, 0.05) is 22.6 Å². The van der Waals surface area contributed by atoms with Gasteiger partial charge in [-0.2, -0.15) is 0 Å². The van der Waals surface area contributed by atoms with E-state index in [4.69, 9.17) is 9.84 Å². The molecule has 2 aromatic carbocycles. The molecule has 0 unspecified atom stereocenters. The van der Waals surface area contributed by atoms with E-state index in [2.05, 4.69) is 24.0 Å². The Labute approximate surface area is 130 Å². The summed E-state index contributed by atoms with van der Waals surface area (Å²) in [7, 11) is 1.69. The maximum Gasteiger partial charge on any atom is 0.132 e. The Bertz CT molecular complexity index is 641. The van der Waals surface area contributed by atoms with Crippen molar-refractivity contribution in [1.82, 2.24) is 0 Å². The molecule has 0 spiro atoms. The summed E-state index contributed by atoms with van der Waals surface area (Å²) in [6, 6.07) is 16.1. The van der Waals surface area contributed by atoms with E-state index < -0.39 is 0 Å². The van der Waals surface area contributed by atoms with Crippen molar-refractivity contribution >= 4 is 11.8 Å². The summed E-state index contributed by atoms with van der Waals surface area (Å²) >= 11 is 1.74. The van der Waals surface area contributed by atoms with Crippen LogP contribution in [0.15, 0.2) is 53.4 Å². The molecule has 0 radical (unpaired) electrons. The smallest absolute Gasteiger partial charge is 0.132 e. The van der Waals surface area contributed by atoms with E-state index in [9.17, 15) is 0 Å². The minimum atomic E-state index is 0.102. The number of thioether (sulfide) groups is 1. The van der Waals surface area contributed by atoms with Gasteiger partial charge >= 0.3 is 0 Å². The molecule has 1 N–H and O–H groups in total. The summed E-state index contributed by atoms with van der Waals surface area (Å²) < 4.78 is 5.37. The first-order valence-corrected chi connectivity index (χ1v) is 7.77. The van der Waals surface area contributed by atoms with Gasteiger partial charge in [-0.15, -0.1) is 11.8 Å². The van der Waals surface area contributed by atoms with Crippen molar-refractivity contribution in [3.05, 3.63) is 59.7 Å². The van der Waals surface area contributed by atoms with Gasteiger partial charge in [0.2, 0.25) is 0 Å². The van der Waals surface area contributed by atoms with E-state index in [1.165, 1.54) is 5.56 Å². The highest BCUT2D eigenvalue weighted by Gasteiger charge is 2.05. The molecular weight excluding hydrogens is 280 g/mol. The van der Waals surface area contributed by atoms with E-state index in [-0.39, 0.29) is 6.61 Å². The second-order valence-electron chi connectivity index (χ2n) is 4.37. The minimum absolute atomic E-state index is 0.102. The lowest BCUT2D eigenvalue weighted by Gasteiger charge is -2.08. The normalized spacial score (nSPS) is 9.81. The molecule has 0 aliphatic heterocycles. The summed E-state index contributed by atoms with van der Waals surface area (Å²) in [4.78, 5) is 1.12. The lowest BCUT2D eigenvalue weighted by Crippen LogP contribution is -1.89. The summed E-state index contributed by atoms with van der Waals surface area (Å²) in [5.74, 6) is 7.84. The standard InChI is InChI=1S/C18H18O2S/c1-20-17-11-4-5-12-18(17)21-14-16-10-3-2-8-15(16)9-6-7-13-19/h2-5,8,10-12,19H,7,13-14H2,1H3. The fourth-order valence-corrected chi connectivity index (χ4v) is 2.91. The average molecular weight is 298 g/mol. The van der Waals surface area contributed by atoms with Crippen LogP contribution in [0.1, 0.15) is 17.5 Å². The molecule has 0 saturated heterocycles. The number of para-hydroxylation sites is 1. The van der Waals surface area contributed by atoms with Crippen LogP contribution in [0.25, 0.3) is 0 Å². The zero-order valence-corrected chi connectivity index (χ0v) is 12.8. The van der Waals surface area contributed by atoms with Crippen molar-refractivity contribution < 1.29 is 9.84 Å². The highest BCUT2D eigenvalue weighted by atomic mass is 32.2. The third kappa shape index (κ3) is 4.56. The molecule has 21 heavy (non-hydrogen) atoms. The van der Waals surface area contributed by atoms with Crippen LogP contribution in [0, 0.1) is 11.8 Å². The van der Waals surface area contributed by atoms with Crippen molar-refractivity contribution in [3.8, 4) is 17.6 Å². The molecular formula is C18H18O2S. The van der Waals surface area contributed by atoms with E-state index >= 15 is 0 Å². The molecule has 3 heteroatoms. The largest absolute Gasteiger partial charge is 0.496 e. The topological polar surface area (TPSA) is 29.5 Å². The third-order valence-electron chi connectivity index (χ3n) is 2.93. The van der Waals surface area contributed by atoms with Crippen LogP contribution in [0.5, 0.6) is 5.75 Å². The summed E-state index contributed by atoms with van der Waals surface area (Å²) in [6.45, 7) is 0.102. The number of benzene rings is 2. The molecule has 0 aliphatic rings. The Hall–Kier alpha value is -1.89. The average Bonchev–Trinajstić information content (AvgIpc) is 2.54. The number of methoxy groups -OCH3 is 1. The molecule has 0 fully saturated rings. The van der Waals surface area contributed by atoms with Crippen LogP contribution >= 0.6 is 11.8 Å². The SMILES string of the molecule is COc1ccccc1SCc1ccccc1C#CCCO. The Morgan fingerprint density at radius 2 is 1.86 bits per heavy atom. The third-order valence-corrected chi connectivity index (χ3v) is 4.03. The monoisotopic (exact) mass is 298 g/mol. The van der Waals surface area contributed by atoms with Crippen molar-refractivity contribution in [2.75, 3.05) is 13.7 Å². The van der Waals surface area contributed by atoms with Crippen LogP contribution in [0.3, 0.4) is 0 Å². The van der Waals surface area contributed by atoms with Gasteiger partial charge in [0.05, 0.1) is 13.7 Å². The molecule has 0 aromatic heterocycles. The highest BCUT2D eigenvalue weighted by molar-refractivity contribution is 7.98. The Morgan fingerprint density at radius 1 is 1.10 bits per heavy atom. The van der Waals surface area contributed by atoms with Crippen LogP contribution in [-0.2, 0) is 5.75 Å². The Morgan fingerprint density at radius 3 is 2.67 bits per heavy atom. The fraction of sp³-hybridized carbons (Fsp3) is 0.222. The van der Waals surface area contributed by atoms with Crippen molar-refractivity contribution in [2.45, 2.75) is 17.1 Å². The van der Waals surface area contributed by atoms with Crippen molar-refractivity contribution in [1.29, 1.82) is 0 Å². The van der Waals surface area contributed by atoms with Gasteiger partial charge in [-0.25, -0.2) is 0 Å². The molecule has 0 atom stereocenters. The van der Waals surface area contributed by atoms with Crippen LogP contribution < -0.4 is 4.74 Å². The van der Waals surface area contributed by atoms with E-state index in [0.717, 1.165) is 22.0 Å². The Kier molecular flexibility index (Phi) is 6.21. The second kappa shape index (κ2) is 8.41. The molecule has 2 rings (SSSR count). The first kappa shape index (κ1) is 15.5. The first-order chi connectivity index (χ1) is 10.3. The predicted octanol–water partition coefficient (Wildman–Crippen LogP) is 3.72. The zero-order chi connectivity index (χ0) is 14.9. The van der Waals surface area contributed by atoms with Gasteiger partial charge in [0.1, 0.15) is 5.75 Å². The van der Waals surface area contributed by atoms with Crippen LogP contribution in [0.2, 0.25) is 0 Å². The summed E-state index contributed by atoms with van der Waals surface area (Å²) in [5.41, 5.74) is 2.21. The number of rotatable bonds is 5. The molecule has 2 aromatic rings. The maximum atomic E-state index is 8.80. The van der Waals surface area contributed by atoms with Gasteiger partial charge in [0.25, 0.3) is 0 Å². The van der Waals surface area contributed by atoms with Gasteiger partial charge in [-0.3, -0.25) is 0 Å². The number of ether oxygens (including phenoxy) is 1. The van der Waals surface area contributed by atoms with Crippen molar-refractivity contribution in [3.63, 3.8) is 0 Å². The minimum Gasteiger partial charge on any atom is -0.496 e. The van der Waals surface area contributed by atoms with Crippen molar-refractivity contribution in [2.24, 2.45) is 0 Å². The number of hydrogen-bond donors (Lipinski definition) is 1. The quantitative estimate of drug-likeness (QED) is 0.674. The summed E-state index contributed by atoms with van der Waals surface area (Å²) in [5, 5.41) is 8.80. The molecule has 108 valence electrons. The van der Waals surface area contributed by atoms with Gasteiger partial charge < -0.3 is 9.84 Å². The number of aliphatic hydroxyl groups excluding tert-OH is 1. The predicted molar refractivity (Wildman–Crippen MR) is 87.6 cm³/mol. The van der Waals surface area contributed by atoms with Gasteiger partial charge in [-0.1, -0.05) is 42.2 Å². The lowest BCUT2D eigenvalue weighted by atomic mass is 10.1. The first-order valence-electron chi connectivity index (χ1n) is 6.78. The lowest BCUT2D eigenvalue weighted by molar-refractivity contribution is 0.305. The fourth-order valence-electron chi connectivity index (χ4n) is 1.88. The van der Waals surface area contributed by atoms with E-state index in [1.807, 2.05) is 36.4 Å².